The van der Waals surface area contributed by atoms with E-state index >= 15 is 0 Å². The summed E-state index contributed by atoms with van der Waals surface area (Å²) >= 11 is 0. The van der Waals surface area contributed by atoms with Crippen molar-refractivity contribution in [1.82, 2.24) is 9.97 Å². The summed E-state index contributed by atoms with van der Waals surface area (Å²) in [6.45, 7) is 6.95. The van der Waals surface area contributed by atoms with Crippen molar-refractivity contribution in [2.45, 2.75) is 90.9 Å². The lowest BCUT2D eigenvalue weighted by Gasteiger charge is -2.29. The molecule has 124 valence electrons. The van der Waals surface area contributed by atoms with Crippen molar-refractivity contribution in [3.63, 3.8) is 0 Å². The van der Waals surface area contributed by atoms with Crippen LogP contribution in [0, 0.1) is 11.8 Å². The third kappa shape index (κ3) is 5.37. The SMILES string of the molecule is CCCCCc1cnc([C@H]2CC[C@H](CC(C)CC)CC2)nc1. The summed E-state index contributed by atoms with van der Waals surface area (Å²) in [5, 5.41) is 0. The van der Waals surface area contributed by atoms with Crippen LogP contribution in [0.4, 0.5) is 0 Å². The third-order valence-corrected chi connectivity index (χ3v) is 5.44. The van der Waals surface area contributed by atoms with Crippen molar-refractivity contribution in [2.75, 3.05) is 0 Å². The Bertz CT molecular complexity index is 404. The summed E-state index contributed by atoms with van der Waals surface area (Å²) < 4.78 is 0. The Morgan fingerprint density at radius 3 is 2.32 bits per heavy atom. The lowest BCUT2D eigenvalue weighted by Crippen LogP contribution is -2.17. The van der Waals surface area contributed by atoms with E-state index in [1.807, 2.05) is 0 Å². The number of aromatic nitrogens is 2. The van der Waals surface area contributed by atoms with Gasteiger partial charge in [-0.15, -0.1) is 0 Å². The highest BCUT2D eigenvalue weighted by Crippen LogP contribution is 2.37. The first-order valence-electron chi connectivity index (χ1n) is 9.53. The maximum Gasteiger partial charge on any atom is 0.131 e. The molecule has 0 radical (unpaired) electrons. The van der Waals surface area contributed by atoms with Crippen LogP contribution >= 0.6 is 0 Å². The fourth-order valence-electron chi connectivity index (χ4n) is 3.68. The van der Waals surface area contributed by atoms with Gasteiger partial charge in [-0.3, -0.25) is 0 Å². The molecule has 1 atom stereocenters. The van der Waals surface area contributed by atoms with Crippen molar-refractivity contribution in [1.29, 1.82) is 0 Å². The molecule has 1 unspecified atom stereocenters. The molecule has 1 aromatic rings. The van der Waals surface area contributed by atoms with Gasteiger partial charge in [-0.2, -0.15) is 0 Å². The van der Waals surface area contributed by atoms with Crippen LogP contribution in [0.3, 0.4) is 0 Å². The van der Waals surface area contributed by atoms with Gasteiger partial charge in [0.25, 0.3) is 0 Å². The molecule has 1 saturated carbocycles. The van der Waals surface area contributed by atoms with Crippen LogP contribution in [-0.4, -0.2) is 9.97 Å². The van der Waals surface area contributed by atoms with Crippen LogP contribution in [0.15, 0.2) is 12.4 Å². The van der Waals surface area contributed by atoms with Crippen molar-refractivity contribution in [2.24, 2.45) is 11.8 Å². The lowest BCUT2D eigenvalue weighted by atomic mass is 9.77. The predicted molar refractivity (Wildman–Crippen MR) is 94.0 cm³/mol. The number of unbranched alkanes of at least 4 members (excludes halogenated alkanes) is 2. The Hall–Kier alpha value is -0.920. The highest BCUT2D eigenvalue weighted by atomic mass is 14.9. The molecule has 0 aromatic carbocycles. The topological polar surface area (TPSA) is 25.8 Å². The van der Waals surface area contributed by atoms with Crippen LogP contribution in [0.25, 0.3) is 0 Å². The van der Waals surface area contributed by atoms with E-state index in [2.05, 4.69) is 43.1 Å². The highest BCUT2D eigenvalue weighted by Gasteiger charge is 2.24. The van der Waals surface area contributed by atoms with Crippen LogP contribution in [-0.2, 0) is 6.42 Å². The molecule has 1 fully saturated rings. The Morgan fingerprint density at radius 2 is 1.73 bits per heavy atom. The zero-order valence-corrected chi connectivity index (χ0v) is 14.9. The summed E-state index contributed by atoms with van der Waals surface area (Å²) in [4.78, 5) is 9.34. The molecule has 0 N–H and O–H groups in total. The Labute approximate surface area is 137 Å². The van der Waals surface area contributed by atoms with E-state index in [1.54, 1.807) is 0 Å². The van der Waals surface area contributed by atoms with Gasteiger partial charge in [-0.25, -0.2) is 9.97 Å². The van der Waals surface area contributed by atoms with E-state index in [9.17, 15) is 0 Å². The minimum Gasteiger partial charge on any atom is -0.241 e. The van der Waals surface area contributed by atoms with E-state index in [0.29, 0.717) is 5.92 Å². The average Bonchev–Trinajstić information content (AvgIpc) is 2.56. The van der Waals surface area contributed by atoms with Gasteiger partial charge in [-0.1, -0.05) is 40.0 Å². The fourth-order valence-corrected chi connectivity index (χ4v) is 3.68. The second kappa shape index (κ2) is 9.27. The summed E-state index contributed by atoms with van der Waals surface area (Å²) in [5.41, 5.74) is 1.31. The number of hydrogen-bond donors (Lipinski definition) is 0. The molecule has 2 nitrogen and oxygen atoms in total. The average molecular weight is 303 g/mol. The minimum absolute atomic E-state index is 0.609. The van der Waals surface area contributed by atoms with Gasteiger partial charge in [0.15, 0.2) is 0 Å². The molecule has 22 heavy (non-hydrogen) atoms. The molecule has 0 aliphatic heterocycles. The van der Waals surface area contributed by atoms with Gasteiger partial charge in [0, 0.05) is 18.3 Å². The van der Waals surface area contributed by atoms with E-state index in [4.69, 9.17) is 0 Å². The molecular weight excluding hydrogens is 268 g/mol. The number of aryl methyl sites for hydroxylation is 1. The van der Waals surface area contributed by atoms with Gasteiger partial charge in [0.2, 0.25) is 0 Å². The quantitative estimate of drug-likeness (QED) is 0.557. The van der Waals surface area contributed by atoms with E-state index in [1.165, 1.54) is 63.4 Å². The summed E-state index contributed by atoms with van der Waals surface area (Å²) in [7, 11) is 0. The Balaban J connectivity index is 1.78. The first-order valence-corrected chi connectivity index (χ1v) is 9.53. The monoisotopic (exact) mass is 302 g/mol. The molecule has 1 aliphatic carbocycles. The molecule has 1 aliphatic rings. The third-order valence-electron chi connectivity index (χ3n) is 5.44. The summed E-state index contributed by atoms with van der Waals surface area (Å²) in [6.07, 6.45) is 17.2. The molecule has 0 spiro atoms. The lowest BCUT2D eigenvalue weighted by molar-refractivity contribution is 0.269. The number of hydrogen-bond acceptors (Lipinski definition) is 2. The van der Waals surface area contributed by atoms with Gasteiger partial charge >= 0.3 is 0 Å². The first kappa shape index (κ1) is 17.4. The maximum absolute atomic E-state index is 4.67. The maximum atomic E-state index is 4.67. The van der Waals surface area contributed by atoms with Crippen LogP contribution < -0.4 is 0 Å². The second-order valence-corrected chi connectivity index (χ2v) is 7.37. The second-order valence-electron chi connectivity index (χ2n) is 7.37. The predicted octanol–water partition coefficient (Wildman–Crippen LogP) is 5.92. The van der Waals surface area contributed by atoms with Crippen molar-refractivity contribution < 1.29 is 0 Å². The van der Waals surface area contributed by atoms with Gasteiger partial charge < -0.3 is 0 Å². The molecule has 2 rings (SSSR count). The molecular formula is C20H34N2. The highest BCUT2D eigenvalue weighted by molar-refractivity contribution is 5.08. The van der Waals surface area contributed by atoms with Crippen LogP contribution in [0.1, 0.15) is 95.9 Å². The standard InChI is InChI=1S/C20H34N2/c1-4-6-7-8-18-14-21-20(22-15-18)19-11-9-17(10-12-19)13-16(3)5-2/h14-17,19H,4-13H2,1-3H3/t16?,17-,19-. The Morgan fingerprint density at radius 1 is 1.05 bits per heavy atom. The largest absolute Gasteiger partial charge is 0.241 e. The zero-order chi connectivity index (χ0) is 15.8. The summed E-state index contributed by atoms with van der Waals surface area (Å²) in [5.74, 6) is 3.54. The number of nitrogens with zero attached hydrogens (tertiary/aromatic N) is 2. The molecule has 0 bridgehead atoms. The van der Waals surface area contributed by atoms with E-state index in [0.717, 1.165) is 24.1 Å². The normalized spacial score (nSPS) is 23.4. The van der Waals surface area contributed by atoms with E-state index in [-0.39, 0.29) is 0 Å². The van der Waals surface area contributed by atoms with Gasteiger partial charge in [0.05, 0.1) is 0 Å². The van der Waals surface area contributed by atoms with Gasteiger partial charge in [-0.05, 0) is 62.3 Å². The molecule has 1 heterocycles. The van der Waals surface area contributed by atoms with Crippen molar-refractivity contribution >= 4 is 0 Å². The number of rotatable bonds is 8. The van der Waals surface area contributed by atoms with Crippen LogP contribution in [0.5, 0.6) is 0 Å². The molecule has 0 amide bonds. The molecule has 0 saturated heterocycles. The van der Waals surface area contributed by atoms with Gasteiger partial charge in [0.1, 0.15) is 5.82 Å². The fraction of sp³-hybridized carbons (Fsp3) is 0.800. The molecule has 1 aromatic heterocycles. The molecule has 2 heteroatoms. The van der Waals surface area contributed by atoms with Crippen LogP contribution in [0.2, 0.25) is 0 Å². The smallest absolute Gasteiger partial charge is 0.131 e. The van der Waals surface area contributed by atoms with Crippen molar-refractivity contribution in [3.05, 3.63) is 23.8 Å². The minimum atomic E-state index is 0.609. The van der Waals surface area contributed by atoms with Crippen molar-refractivity contribution in [3.8, 4) is 0 Å². The Kier molecular flexibility index (Phi) is 7.35. The van der Waals surface area contributed by atoms with E-state index < -0.39 is 0 Å². The summed E-state index contributed by atoms with van der Waals surface area (Å²) in [6, 6.07) is 0. The zero-order valence-electron chi connectivity index (χ0n) is 14.9. The first-order chi connectivity index (χ1) is 10.7.